The standard InChI is InChI=1S/C22H31FN2O/c23-20-9-6-18(7-10-20)15-25-21-12-13-24(14-17-4-2-1-3-5-17)16-19(21)8-11-22(25)26/h6-7,9-10,17,19,21H,1-5,8,11-16H2/t19-,21+/m1/s1. The van der Waals surface area contributed by atoms with E-state index in [1.807, 2.05) is 12.1 Å². The van der Waals surface area contributed by atoms with Gasteiger partial charge in [0.1, 0.15) is 5.82 Å². The van der Waals surface area contributed by atoms with E-state index in [-0.39, 0.29) is 11.7 Å². The average Bonchev–Trinajstić information content (AvgIpc) is 2.66. The molecule has 2 aliphatic heterocycles. The number of rotatable bonds is 4. The summed E-state index contributed by atoms with van der Waals surface area (Å²) in [6.45, 7) is 4.15. The minimum atomic E-state index is -0.215. The Morgan fingerprint density at radius 2 is 1.77 bits per heavy atom. The van der Waals surface area contributed by atoms with Gasteiger partial charge < -0.3 is 9.80 Å². The Hall–Kier alpha value is -1.42. The number of hydrogen-bond donors (Lipinski definition) is 0. The lowest BCUT2D eigenvalue weighted by Gasteiger charge is -2.48. The van der Waals surface area contributed by atoms with Gasteiger partial charge in [-0.3, -0.25) is 4.79 Å². The van der Waals surface area contributed by atoms with Crippen molar-refractivity contribution in [2.24, 2.45) is 11.8 Å². The molecule has 1 saturated carbocycles. The Labute approximate surface area is 156 Å². The first-order valence-corrected chi connectivity index (χ1v) is 10.5. The second-order valence-electron chi connectivity index (χ2n) is 8.57. The van der Waals surface area contributed by atoms with E-state index in [0.717, 1.165) is 37.4 Å². The van der Waals surface area contributed by atoms with Crippen molar-refractivity contribution in [2.45, 2.75) is 64.0 Å². The molecule has 0 N–H and O–H groups in total. The van der Waals surface area contributed by atoms with Gasteiger partial charge in [0.25, 0.3) is 0 Å². The van der Waals surface area contributed by atoms with E-state index in [1.54, 1.807) is 0 Å². The maximum atomic E-state index is 13.2. The number of nitrogens with zero attached hydrogens (tertiary/aromatic N) is 2. The van der Waals surface area contributed by atoms with Crippen LogP contribution in [-0.4, -0.2) is 41.4 Å². The predicted octanol–water partition coefficient (Wildman–Crippen LogP) is 4.22. The van der Waals surface area contributed by atoms with Crippen molar-refractivity contribution >= 4 is 5.91 Å². The van der Waals surface area contributed by atoms with Crippen LogP contribution >= 0.6 is 0 Å². The van der Waals surface area contributed by atoms with Crippen LogP contribution in [0.25, 0.3) is 0 Å². The van der Waals surface area contributed by atoms with Crippen LogP contribution < -0.4 is 0 Å². The molecule has 4 heteroatoms. The first-order valence-electron chi connectivity index (χ1n) is 10.5. The third-order valence-corrected chi connectivity index (χ3v) is 6.73. The van der Waals surface area contributed by atoms with Crippen molar-refractivity contribution in [3.63, 3.8) is 0 Å². The molecule has 1 aromatic carbocycles. The number of halogens is 1. The lowest BCUT2D eigenvalue weighted by Crippen LogP contribution is -2.56. The summed E-state index contributed by atoms with van der Waals surface area (Å²) in [6, 6.07) is 6.97. The first kappa shape index (κ1) is 18.0. The monoisotopic (exact) mass is 358 g/mol. The lowest BCUT2D eigenvalue weighted by atomic mass is 9.82. The highest BCUT2D eigenvalue weighted by molar-refractivity contribution is 5.77. The number of piperidine rings is 2. The molecule has 142 valence electrons. The molecule has 26 heavy (non-hydrogen) atoms. The van der Waals surface area contributed by atoms with Crippen molar-refractivity contribution in [3.05, 3.63) is 35.6 Å². The molecule has 3 aliphatic rings. The quantitative estimate of drug-likeness (QED) is 0.805. The zero-order valence-corrected chi connectivity index (χ0v) is 15.7. The van der Waals surface area contributed by atoms with E-state index in [0.29, 0.717) is 24.9 Å². The van der Waals surface area contributed by atoms with Crippen molar-refractivity contribution in [2.75, 3.05) is 19.6 Å². The maximum absolute atomic E-state index is 13.2. The van der Waals surface area contributed by atoms with Crippen LogP contribution in [0.3, 0.4) is 0 Å². The highest BCUT2D eigenvalue weighted by Crippen LogP contribution is 2.34. The van der Waals surface area contributed by atoms with Crippen LogP contribution in [0.2, 0.25) is 0 Å². The van der Waals surface area contributed by atoms with E-state index in [9.17, 15) is 9.18 Å². The molecule has 3 fully saturated rings. The van der Waals surface area contributed by atoms with Gasteiger partial charge in [-0.2, -0.15) is 0 Å². The molecular formula is C22H31FN2O. The van der Waals surface area contributed by atoms with Gasteiger partial charge in [-0.05, 0) is 55.2 Å². The van der Waals surface area contributed by atoms with E-state index in [2.05, 4.69) is 9.80 Å². The molecule has 0 unspecified atom stereocenters. The SMILES string of the molecule is O=C1CC[C@@H]2CN(CC3CCCCC3)CC[C@@H]2N1Cc1ccc(F)cc1. The summed E-state index contributed by atoms with van der Waals surface area (Å²) in [5.74, 6) is 1.55. The molecule has 0 aromatic heterocycles. The normalized spacial score (nSPS) is 28.2. The zero-order chi connectivity index (χ0) is 17.9. The maximum Gasteiger partial charge on any atom is 0.223 e. The van der Waals surface area contributed by atoms with Gasteiger partial charge in [0.2, 0.25) is 5.91 Å². The van der Waals surface area contributed by atoms with Crippen molar-refractivity contribution < 1.29 is 9.18 Å². The molecule has 0 spiro atoms. The third kappa shape index (κ3) is 4.11. The van der Waals surface area contributed by atoms with Gasteiger partial charge >= 0.3 is 0 Å². The molecule has 1 aromatic rings. The summed E-state index contributed by atoms with van der Waals surface area (Å²) < 4.78 is 13.2. The zero-order valence-electron chi connectivity index (χ0n) is 15.7. The molecule has 2 atom stereocenters. The topological polar surface area (TPSA) is 23.6 Å². The van der Waals surface area contributed by atoms with Gasteiger partial charge in [0.15, 0.2) is 0 Å². The Morgan fingerprint density at radius 1 is 1.00 bits per heavy atom. The van der Waals surface area contributed by atoms with E-state index in [1.165, 1.54) is 50.8 Å². The van der Waals surface area contributed by atoms with E-state index in [4.69, 9.17) is 0 Å². The molecule has 3 nitrogen and oxygen atoms in total. The summed E-state index contributed by atoms with van der Waals surface area (Å²) in [6.07, 6.45) is 9.82. The van der Waals surface area contributed by atoms with Crippen LogP contribution in [0.15, 0.2) is 24.3 Å². The summed E-state index contributed by atoms with van der Waals surface area (Å²) in [4.78, 5) is 17.3. The van der Waals surface area contributed by atoms with Crippen LogP contribution in [0.5, 0.6) is 0 Å². The summed E-state index contributed by atoms with van der Waals surface area (Å²) in [7, 11) is 0. The van der Waals surface area contributed by atoms with Gasteiger partial charge in [-0.25, -0.2) is 4.39 Å². The van der Waals surface area contributed by atoms with Gasteiger partial charge in [-0.1, -0.05) is 31.4 Å². The van der Waals surface area contributed by atoms with Crippen LogP contribution in [-0.2, 0) is 11.3 Å². The minimum absolute atomic E-state index is 0.215. The smallest absolute Gasteiger partial charge is 0.223 e. The van der Waals surface area contributed by atoms with Crippen LogP contribution in [0.1, 0.15) is 56.9 Å². The Balaban J connectivity index is 1.37. The van der Waals surface area contributed by atoms with Crippen LogP contribution in [0.4, 0.5) is 4.39 Å². The molecule has 1 amide bonds. The highest BCUT2D eigenvalue weighted by Gasteiger charge is 2.39. The summed E-state index contributed by atoms with van der Waals surface area (Å²) in [5, 5.41) is 0. The summed E-state index contributed by atoms with van der Waals surface area (Å²) in [5.41, 5.74) is 1.03. The van der Waals surface area contributed by atoms with Gasteiger partial charge in [0.05, 0.1) is 0 Å². The predicted molar refractivity (Wildman–Crippen MR) is 101 cm³/mol. The second kappa shape index (κ2) is 8.08. The second-order valence-corrected chi connectivity index (χ2v) is 8.57. The van der Waals surface area contributed by atoms with Gasteiger partial charge in [-0.15, -0.1) is 0 Å². The molecule has 2 heterocycles. The number of amides is 1. The number of hydrogen-bond acceptors (Lipinski definition) is 2. The van der Waals surface area contributed by atoms with E-state index < -0.39 is 0 Å². The average molecular weight is 359 g/mol. The molecule has 1 aliphatic carbocycles. The highest BCUT2D eigenvalue weighted by atomic mass is 19.1. The summed E-state index contributed by atoms with van der Waals surface area (Å²) >= 11 is 0. The number of likely N-dealkylation sites (tertiary alicyclic amines) is 2. The fraction of sp³-hybridized carbons (Fsp3) is 0.682. The fourth-order valence-corrected chi connectivity index (χ4v) is 5.32. The third-order valence-electron chi connectivity index (χ3n) is 6.73. The number of fused-ring (bicyclic) bond motifs is 1. The number of carbonyl (C=O) groups excluding carboxylic acids is 1. The Kier molecular flexibility index (Phi) is 5.58. The Bertz CT molecular complexity index is 611. The number of carbonyl (C=O) groups is 1. The Morgan fingerprint density at radius 3 is 2.54 bits per heavy atom. The molecule has 0 radical (unpaired) electrons. The first-order chi connectivity index (χ1) is 12.7. The minimum Gasteiger partial charge on any atom is -0.335 e. The molecule has 4 rings (SSSR count). The lowest BCUT2D eigenvalue weighted by molar-refractivity contribution is -0.142. The largest absolute Gasteiger partial charge is 0.335 e. The molecule has 0 bridgehead atoms. The van der Waals surface area contributed by atoms with E-state index >= 15 is 0 Å². The number of benzene rings is 1. The molecule has 2 saturated heterocycles. The van der Waals surface area contributed by atoms with Crippen LogP contribution in [0, 0.1) is 17.7 Å². The van der Waals surface area contributed by atoms with Crippen molar-refractivity contribution in [1.29, 1.82) is 0 Å². The molecular weight excluding hydrogens is 327 g/mol. The fourth-order valence-electron chi connectivity index (χ4n) is 5.32. The van der Waals surface area contributed by atoms with Crippen molar-refractivity contribution in [1.82, 2.24) is 9.80 Å². The van der Waals surface area contributed by atoms with Gasteiger partial charge in [0, 0.05) is 38.6 Å². The van der Waals surface area contributed by atoms with Crippen molar-refractivity contribution in [3.8, 4) is 0 Å².